The van der Waals surface area contributed by atoms with E-state index in [1.54, 1.807) is 24.3 Å². The summed E-state index contributed by atoms with van der Waals surface area (Å²) in [6.45, 7) is 1.72. The van der Waals surface area contributed by atoms with Crippen LogP contribution in [0.15, 0.2) is 24.3 Å². The summed E-state index contributed by atoms with van der Waals surface area (Å²) in [6.07, 6.45) is 1.14. The van der Waals surface area contributed by atoms with Gasteiger partial charge in [-0.2, -0.15) is 5.10 Å². The van der Waals surface area contributed by atoms with Gasteiger partial charge in [0.2, 0.25) is 5.69 Å². The van der Waals surface area contributed by atoms with E-state index in [4.69, 9.17) is 5.11 Å². The molecule has 2 rings (SSSR count). The van der Waals surface area contributed by atoms with Crippen molar-refractivity contribution in [1.29, 1.82) is 0 Å². The number of hydrogen-bond acceptors (Lipinski definition) is 5. The molecular formula is C14H16N4O4. The number of anilines is 1. The number of aryl methyl sites for hydroxylation is 1. The third-order valence-corrected chi connectivity index (χ3v) is 3.08. The number of nitrogens with zero attached hydrogens (tertiary/aromatic N) is 2. The van der Waals surface area contributed by atoms with E-state index in [1.807, 2.05) is 6.92 Å². The Morgan fingerprint density at radius 3 is 2.91 bits per heavy atom. The number of aromatic nitrogens is 2. The summed E-state index contributed by atoms with van der Waals surface area (Å²) < 4.78 is 0. The number of carbonyl (C=O) groups excluding carboxylic acids is 1. The highest BCUT2D eigenvalue weighted by Gasteiger charge is 2.28. The minimum absolute atomic E-state index is 0.160. The van der Waals surface area contributed by atoms with Gasteiger partial charge in [0.25, 0.3) is 5.91 Å². The molecule has 0 spiro atoms. The van der Waals surface area contributed by atoms with Gasteiger partial charge in [0.1, 0.15) is 5.69 Å². The molecule has 0 radical (unpaired) electrons. The summed E-state index contributed by atoms with van der Waals surface area (Å²) in [6, 6.07) is 6.58. The number of hydrogen-bond donors (Lipinski definition) is 3. The van der Waals surface area contributed by atoms with Crippen LogP contribution < -0.4 is 5.32 Å². The Balaban J connectivity index is 2.27. The molecule has 0 atom stereocenters. The summed E-state index contributed by atoms with van der Waals surface area (Å²) in [7, 11) is 0. The zero-order chi connectivity index (χ0) is 16.1. The SMILES string of the molecule is CCCc1[nH]nc(C(=O)Nc2cccc(CO)c2)c1[N+](=O)[O-]. The first-order valence-corrected chi connectivity index (χ1v) is 6.79. The van der Waals surface area contributed by atoms with Crippen molar-refractivity contribution in [2.75, 3.05) is 5.32 Å². The highest BCUT2D eigenvalue weighted by molar-refractivity contribution is 6.05. The molecule has 0 aliphatic heterocycles. The van der Waals surface area contributed by atoms with Gasteiger partial charge < -0.3 is 10.4 Å². The van der Waals surface area contributed by atoms with Crippen molar-refractivity contribution in [3.8, 4) is 0 Å². The number of aliphatic hydroxyl groups is 1. The Morgan fingerprint density at radius 1 is 1.50 bits per heavy atom. The molecule has 0 bridgehead atoms. The van der Waals surface area contributed by atoms with Gasteiger partial charge in [0.05, 0.1) is 11.5 Å². The molecular weight excluding hydrogens is 288 g/mol. The number of benzene rings is 1. The van der Waals surface area contributed by atoms with Crippen LogP contribution in [0.3, 0.4) is 0 Å². The summed E-state index contributed by atoms with van der Waals surface area (Å²) in [5.74, 6) is -0.666. The van der Waals surface area contributed by atoms with E-state index in [0.29, 0.717) is 29.8 Å². The molecule has 8 nitrogen and oxygen atoms in total. The van der Waals surface area contributed by atoms with E-state index in [0.717, 1.165) is 0 Å². The summed E-state index contributed by atoms with van der Waals surface area (Å²) in [5, 5.41) is 29.1. The molecule has 0 fully saturated rings. The standard InChI is InChI=1S/C14H16N4O4/c1-2-4-11-13(18(21)22)12(17-16-11)14(20)15-10-6-3-5-9(7-10)8-19/h3,5-7,19H,2,4,8H2,1H3,(H,15,20)(H,16,17). The fraction of sp³-hybridized carbons (Fsp3) is 0.286. The summed E-state index contributed by atoms with van der Waals surface area (Å²) in [5.41, 5.74) is 0.856. The van der Waals surface area contributed by atoms with Gasteiger partial charge in [0, 0.05) is 5.69 Å². The predicted octanol–water partition coefficient (Wildman–Crippen LogP) is 2.01. The predicted molar refractivity (Wildman–Crippen MR) is 79.6 cm³/mol. The van der Waals surface area contributed by atoms with Crippen LogP contribution in [0.2, 0.25) is 0 Å². The quantitative estimate of drug-likeness (QED) is 0.556. The lowest BCUT2D eigenvalue weighted by Crippen LogP contribution is -2.14. The van der Waals surface area contributed by atoms with E-state index in [1.165, 1.54) is 0 Å². The van der Waals surface area contributed by atoms with Crippen LogP contribution in [0.5, 0.6) is 0 Å². The van der Waals surface area contributed by atoms with Crippen molar-refractivity contribution < 1.29 is 14.8 Å². The number of nitrogens with one attached hydrogen (secondary N) is 2. The lowest BCUT2D eigenvalue weighted by molar-refractivity contribution is -0.385. The maximum absolute atomic E-state index is 12.2. The first-order chi connectivity index (χ1) is 10.6. The van der Waals surface area contributed by atoms with Crippen molar-refractivity contribution in [3.05, 3.63) is 51.3 Å². The Hall–Kier alpha value is -2.74. The Morgan fingerprint density at radius 2 is 2.27 bits per heavy atom. The fourth-order valence-corrected chi connectivity index (χ4v) is 2.09. The second kappa shape index (κ2) is 6.81. The molecule has 1 heterocycles. The van der Waals surface area contributed by atoms with E-state index in [-0.39, 0.29) is 18.0 Å². The van der Waals surface area contributed by atoms with Gasteiger partial charge in [-0.1, -0.05) is 25.5 Å². The van der Waals surface area contributed by atoms with Gasteiger partial charge in [-0.15, -0.1) is 0 Å². The average Bonchev–Trinajstić information content (AvgIpc) is 2.92. The number of nitro groups is 1. The molecule has 1 aromatic heterocycles. The van der Waals surface area contributed by atoms with Gasteiger partial charge in [-0.3, -0.25) is 20.0 Å². The molecule has 0 saturated heterocycles. The molecule has 22 heavy (non-hydrogen) atoms. The monoisotopic (exact) mass is 304 g/mol. The minimum Gasteiger partial charge on any atom is -0.392 e. The van der Waals surface area contributed by atoms with Crippen molar-refractivity contribution in [2.45, 2.75) is 26.4 Å². The lowest BCUT2D eigenvalue weighted by Gasteiger charge is -2.04. The van der Waals surface area contributed by atoms with E-state index in [9.17, 15) is 14.9 Å². The van der Waals surface area contributed by atoms with E-state index >= 15 is 0 Å². The van der Waals surface area contributed by atoms with Crippen LogP contribution in [-0.2, 0) is 13.0 Å². The van der Waals surface area contributed by atoms with Crippen LogP contribution in [0.4, 0.5) is 11.4 Å². The van der Waals surface area contributed by atoms with Gasteiger partial charge in [-0.25, -0.2) is 0 Å². The summed E-state index contributed by atoms with van der Waals surface area (Å²) >= 11 is 0. The second-order valence-electron chi connectivity index (χ2n) is 4.72. The molecule has 8 heteroatoms. The van der Waals surface area contributed by atoms with Crippen LogP contribution >= 0.6 is 0 Å². The normalized spacial score (nSPS) is 10.5. The molecule has 116 valence electrons. The fourth-order valence-electron chi connectivity index (χ4n) is 2.09. The van der Waals surface area contributed by atoms with E-state index < -0.39 is 10.8 Å². The number of aliphatic hydroxyl groups excluding tert-OH is 1. The largest absolute Gasteiger partial charge is 0.392 e. The lowest BCUT2D eigenvalue weighted by atomic mass is 10.2. The average molecular weight is 304 g/mol. The number of rotatable bonds is 6. The van der Waals surface area contributed by atoms with E-state index in [2.05, 4.69) is 15.5 Å². The van der Waals surface area contributed by atoms with Crippen molar-refractivity contribution in [2.24, 2.45) is 0 Å². The highest BCUT2D eigenvalue weighted by Crippen LogP contribution is 2.23. The number of amides is 1. The number of H-pyrrole nitrogens is 1. The van der Waals surface area contributed by atoms with Gasteiger partial charge >= 0.3 is 5.69 Å². The van der Waals surface area contributed by atoms with Crippen molar-refractivity contribution >= 4 is 17.3 Å². The van der Waals surface area contributed by atoms with Crippen molar-refractivity contribution in [1.82, 2.24) is 10.2 Å². The molecule has 3 N–H and O–H groups in total. The Labute approximate surface area is 126 Å². The maximum Gasteiger partial charge on any atom is 0.322 e. The number of aromatic amines is 1. The first-order valence-electron chi connectivity index (χ1n) is 6.79. The van der Waals surface area contributed by atoms with Gasteiger partial charge in [-0.05, 0) is 24.1 Å². The Kier molecular flexibility index (Phi) is 4.84. The molecule has 2 aromatic rings. The zero-order valence-electron chi connectivity index (χ0n) is 12.0. The minimum atomic E-state index is -0.666. The van der Waals surface area contributed by atoms with Crippen LogP contribution in [-0.4, -0.2) is 26.1 Å². The molecule has 1 aromatic carbocycles. The molecule has 0 aliphatic rings. The number of carbonyl (C=O) groups is 1. The smallest absolute Gasteiger partial charge is 0.322 e. The molecule has 0 aliphatic carbocycles. The summed E-state index contributed by atoms with van der Waals surface area (Å²) in [4.78, 5) is 22.8. The van der Waals surface area contributed by atoms with Crippen LogP contribution in [0.1, 0.15) is 35.1 Å². The third-order valence-electron chi connectivity index (χ3n) is 3.08. The third kappa shape index (κ3) is 3.29. The second-order valence-corrected chi connectivity index (χ2v) is 4.72. The first kappa shape index (κ1) is 15.6. The van der Waals surface area contributed by atoms with Gasteiger partial charge in [0.15, 0.2) is 0 Å². The molecule has 0 unspecified atom stereocenters. The van der Waals surface area contributed by atoms with Crippen molar-refractivity contribution in [3.63, 3.8) is 0 Å². The molecule has 0 saturated carbocycles. The highest BCUT2D eigenvalue weighted by atomic mass is 16.6. The van der Waals surface area contributed by atoms with Crippen LogP contribution in [0, 0.1) is 10.1 Å². The Bertz CT molecular complexity index is 696. The molecule has 1 amide bonds. The topological polar surface area (TPSA) is 121 Å². The van der Waals surface area contributed by atoms with Crippen LogP contribution in [0.25, 0.3) is 0 Å². The zero-order valence-corrected chi connectivity index (χ0v) is 12.0. The maximum atomic E-state index is 12.2.